The Morgan fingerprint density at radius 3 is 2.75 bits per heavy atom. The summed E-state index contributed by atoms with van der Waals surface area (Å²) in [7, 11) is 0. The molecule has 32 heavy (non-hydrogen) atoms. The van der Waals surface area contributed by atoms with E-state index in [9.17, 15) is 4.79 Å². The van der Waals surface area contributed by atoms with Crippen molar-refractivity contribution in [3.63, 3.8) is 0 Å². The van der Waals surface area contributed by atoms with Gasteiger partial charge in [0.05, 0.1) is 11.6 Å². The first-order valence-corrected chi connectivity index (χ1v) is 10.8. The van der Waals surface area contributed by atoms with E-state index in [-0.39, 0.29) is 18.0 Å². The van der Waals surface area contributed by atoms with Crippen molar-refractivity contribution in [3.05, 3.63) is 71.7 Å². The summed E-state index contributed by atoms with van der Waals surface area (Å²) >= 11 is 0. The van der Waals surface area contributed by atoms with Crippen LogP contribution in [0, 0.1) is 24.2 Å². The molecule has 3 aromatic rings. The van der Waals surface area contributed by atoms with E-state index < -0.39 is 0 Å². The summed E-state index contributed by atoms with van der Waals surface area (Å²) in [5.41, 5.74) is 2.69. The minimum atomic E-state index is -0.0439. The molecule has 0 spiro atoms. The Bertz CT molecular complexity index is 1180. The van der Waals surface area contributed by atoms with Crippen LogP contribution in [0.2, 0.25) is 0 Å². The van der Waals surface area contributed by atoms with E-state index in [1.807, 2.05) is 36.1 Å². The summed E-state index contributed by atoms with van der Waals surface area (Å²) in [6.45, 7) is 2.33. The Balaban J connectivity index is 1.43. The second kappa shape index (κ2) is 8.39. The van der Waals surface area contributed by atoms with Gasteiger partial charge in [-0.25, -0.2) is 15.0 Å². The largest absolute Gasteiger partial charge is 0.475 e. The van der Waals surface area contributed by atoms with Gasteiger partial charge in [0, 0.05) is 30.1 Å². The van der Waals surface area contributed by atoms with Gasteiger partial charge in [0.25, 0.3) is 5.91 Å². The van der Waals surface area contributed by atoms with Crippen LogP contribution >= 0.6 is 0 Å². The fraction of sp³-hybridized carbons (Fsp3) is 0.320. The fourth-order valence-corrected chi connectivity index (χ4v) is 4.74. The maximum absolute atomic E-state index is 13.9. The van der Waals surface area contributed by atoms with Gasteiger partial charge in [0.15, 0.2) is 5.82 Å². The van der Waals surface area contributed by atoms with Gasteiger partial charge in [-0.2, -0.15) is 5.26 Å². The number of ether oxygens (including phenoxy) is 1. The number of hydrogen-bond acceptors (Lipinski definition) is 6. The van der Waals surface area contributed by atoms with Crippen molar-refractivity contribution in [3.8, 4) is 23.3 Å². The second-order valence-electron chi connectivity index (χ2n) is 8.50. The smallest absolute Gasteiger partial charge is 0.255 e. The zero-order valence-electron chi connectivity index (χ0n) is 17.8. The normalized spacial score (nSPS) is 21.4. The van der Waals surface area contributed by atoms with E-state index in [4.69, 9.17) is 10.00 Å². The Hall–Kier alpha value is -3.79. The second-order valence-corrected chi connectivity index (χ2v) is 8.50. The molecule has 0 N–H and O–H groups in total. The molecule has 7 nitrogen and oxygen atoms in total. The molecular formula is C25H23N5O2. The average molecular weight is 425 g/mol. The van der Waals surface area contributed by atoms with Crippen LogP contribution in [0.5, 0.6) is 5.88 Å². The van der Waals surface area contributed by atoms with Gasteiger partial charge in [-0.05, 0) is 50.3 Å². The maximum atomic E-state index is 13.9. The molecule has 2 aliphatic heterocycles. The summed E-state index contributed by atoms with van der Waals surface area (Å²) in [6, 6.07) is 14.9. The maximum Gasteiger partial charge on any atom is 0.255 e. The van der Waals surface area contributed by atoms with Gasteiger partial charge in [-0.3, -0.25) is 4.79 Å². The predicted molar refractivity (Wildman–Crippen MR) is 118 cm³/mol. The van der Waals surface area contributed by atoms with Gasteiger partial charge in [-0.15, -0.1) is 0 Å². The lowest BCUT2D eigenvalue weighted by Crippen LogP contribution is -2.60. The van der Waals surface area contributed by atoms with Crippen LogP contribution in [0.1, 0.15) is 40.9 Å². The molecule has 1 amide bonds. The lowest BCUT2D eigenvalue weighted by Gasteiger charge is -2.53. The summed E-state index contributed by atoms with van der Waals surface area (Å²) in [5, 5.41) is 9.07. The Kier molecular flexibility index (Phi) is 5.28. The van der Waals surface area contributed by atoms with E-state index in [0.29, 0.717) is 35.5 Å². The monoisotopic (exact) mass is 425 g/mol. The number of piperidine rings is 2. The summed E-state index contributed by atoms with van der Waals surface area (Å²) in [4.78, 5) is 28.8. The van der Waals surface area contributed by atoms with Crippen LogP contribution in [0.3, 0.4) is 0 Å². The van der Waals surface area contributed by atoms with Gasteiger partial charge in [0.2, 0.25) is 5.88 Å². The molecule has 0 radical (unpaired) electrons. The number of nitriles is 1. The van der Waals surface area contributed by atoms with Crippen molar-refractivity contribution in [1.82, 2.24) is 19.9 Å². The number of benzene rings is 1. The van der Waals surface area contributed by atoms with Crippen LogP contribution in [-0.2, 0) is 0 Å². The summed E-state index contributed by atoms with van der Waals surface area (Å²) in [5.74, 6) is 1.58. The third-order valence-electron chi connectivity index (χ3n) is 6.31. The highest BCUT2D eigenvalue weighted by Crippen LogP contribution is 2.44. The highest BCUT2D eigenvalue weighted by atomic mass is 16.5. The minimum absolute atomic E-state index is 0.00774. The fourth-order valence-electron chi connectivity index (χ4n) is 4.74. The lowest BCUT2D eigenvalue weighted by molar-refractivity contribution is -0.0310. The number of amides is 1. The third-order valence-corrected chi connectivity index (χ3v) is 6.31. The molecule has 7 heteroatoms. The molecule has 2 bridgehead atoms. The quantitative estimate of drug-likeness (QED) is 0.618. The molecule has 3 aliphatic rings. The minimum Gasteiger partial charge on any atom is -0.475 e. The zero-order chi connectivity index (χ0) is 22.1. The van der Waals surface area contributed by atoms with Crippen LogP contribution in [0.15, 0.2) is 54.9 Å². The molecule has 4 heterocycles. The topological polar surface area (TPSA) is 92.0 Å². The number of nitrogens with zero attached hydrogens (tertiary/aromatic N) is 5. The lowest BCUT2D eigenvalue weighted by atomic mass is 9.70. The number of pyridine rings is 1. The molecular weight excluding hydrogens is 402 g/mol. The first kappa shape index (κ1) is 20.1. The molecule has 6 rings (SSSR count). The van der Waals surface area contributed by atoms with Gasteiger partial charge >= 0.3 is 0 Å². The molecule has 1 atom stereocenters. The molecule has 1 aromatic carbocycles. The van der Waals surface area contributed by atoms with Gasteiger partial charge in [-0.1, -0.05) is 23.8 Å². The molecule has 1 aliphatic carbocycles. The molecule has 2 saturated heterocycles. The number of aryl methyl sites for hydroxylation is 1. The van der Waals surface area contributed by atoms with Crippen molar-refractivity contribution in [1.29, 1.82) is 5.26 Å². The summed E-state index contributed by atoms with van der Waals surface area (Å²) < 4.78 is 5.93. The zero-order valence-corrected chi connectivity index (χ0v) is 17.8. The Morgan fingerprint density at radius 2 is 1.97 bits per heavy atom. The van der Waals surface area contributed by atoms with Crippen molar-refractivity contribution in [2.75, 3.05) is 6.61 Å². The Labute approximate surface area is 186 Å². The van der Waals surface area contributed by atoms with Crippen molar-refractivity contribution < 1.29 is 9.53 Å². The third kappa shape index (κ3) is 3.80. The van der Waals surface area contributed by atoms with Crippen LogP contribution in [0.25, 0.3) is 11.4 Å². The number of fused-ring (bicyclic) bond motifs is 2. The van der Waals surface area contributed by atoms with E-state index in [0.717, 1.165) is 30.4 Å². The van der Waals surface area contributed by atoms with Crippen LogP contribution in [-0.4, -0.2) is 44.4 Å². The molecule has 2 aromatic heterocycles. The highest BCUT2D eigenvalue weighted by Gasteiger charge is 2.47. The van der Waals surface area contributed by atoms with E-state index in [2.05, 4.69) is 15.0 Å². The highest BCUT2D eigenvalue weighted by molar-refractivity contribution is 6.00. The molecule has 3 fully saturated rings. The van der Waals surface area contributed by atoms with Gasteiger partial charge < -0.3 is 9.64 Å². The van der Waals surface area contributed by atoms with E-state index in [1.165, 1.54) is 0 Å². The number of hydrogen-bond donors (Lipinski definition) is 0. The van der Waals surface area contributed by atoms with Gasteiger partial charge in [0.1, 0.15) is 18.4 Å². The average Bonchev–Trinajstić information content (AvgIpc) is 2.82. The first-order chi connectivity index (χ1) is 15.6. The molecule has 1 unspecified atom stereocenters. The molecule has 160 valence electrons. The van der Waals surface area contributed by atoms with Crippen molar-refractivity contribution >= 4 is 5.91 Å². The predicted octanol–water partition coefficient (Wildman–Crippen LogP) is 3.79. The standard InChI is InChI=1S/C25H23N5O2/c1-16-6-7-21(24-27-8-3-9-28-24)22(10-16)25(31)30-19-11-17(12-19)13-20(30)15-32-23-5-2-4-18(14-26)29-23/h2-10,17,19-20H,11-13,15H2,1H3. The molecule has 1 saturated carbocycles. The van der Waals surface area contributed by atoms with Crippen molar-refractivity contribution in [2.45, 2.75) is 38.3 Å². The van der Waals surface area contributed by atoms with E-state index >= 15 is 0 Å². The first-order valence-electron chi connectivity index (χ1n) is 10.8. The SMILES string of the molecule is Cc1ccc(-c2ncccn2)c(C(=O)N2C(COc3cccc(C#N)n3)CC3CC2C3)c1. The van der Waals surface area contributed by atoms with Crippen LogP contribution < -0.4 is 4.74 Å². The number of carbonyl (C=O) groups excluding carboxylic acids is 1. The summed E-state index contributed by atoms with van der Waals surface area (Å²) in [6.07, 6.45) is 6.35. The Morgan fingerprint density at radius 1 is 1.16 bits per heavy atom. The van der Waals surface area contributed by atoms with E-state index in [1.54, 1.807) is 36.7 Å². The van der Waals surface area contributed by atoms with Crippen LogP contribution in [0.4, 0.5) is 0 Å². The number of aromatic nitrogens is 3. The number of rotatable bonds is 5. The van der Waals surface area contributed by atoms with Crippen molar-refractivity contribution in [2.24, 2.45) is 5.92 Å². The number of carbonyl (C=O) groups is 1.